The van der Waals surface area contributed by atoms with E-state index >= 15 is 0 Å². The van der Waals surface area contributed by atoms with Crippen molar-refractivity contribution in [3.63, 3.8) is 0 Å². The third kappa shape index (κ3) is 4.58. The molecular weight excluding hydrogens is 543 g/mol. The van der Waals surface area contributed by atoms with E-state index in [9.17, 15) is 9.59 Å². The summed E-state index contributed by atoms with van der Waals surface area (Å²) in [6.07, 6.45) is 3.85. The first-order valence-corrected chi connectivity index (χ1v) is 15.3. The maximum Gasteiger partial charge on any atom is 0.308 e. The summed E-state index contributed by atoms with van der Waals surface area (Å²) in [6.45, 7) is 6.69. The second-order valence-corrected chi connectivity index (χ2v) is 14.6. The van der Waals surface area contributed by atoms with Crippen LogP contribution in [-0.4, -0.2) is 15.7 Å². The molecule has 1 amide bonds. The molecular formula is C29H30Cl2N2O2S2. The number of hydrogen-bond donors (Lipinski definition) is 1. The molecule has 8 heteroatoms. The Morgan fingerprint density at radius 1 is 1.05 bits per heavy atom. The molecule has 4 nitrogen and oxygen atoms in total. The number of carbonyl (C=O) groups is 1. The Labute approximate surface area is 235 Å². The van der Waals surface area contributed by atoms with Crippen molar-refractivity contribution in [1.29, 1.82) is 0 Å². The minimum Gasteiger partial charge on any atom is -0.324 e. The van der Waals surface area contributed by atoms with Gasteiger partial charge >= 0.3 is 4.87 Å². The number of benzene rings is 2. The lowest BCUT2D eigenvalue weighted by molar-refractivity contribution is -0.116. The average Bonchev–Trinajstić information content (AvgIpc) is 3.54. The van der Waals surface area contributed by atoms with Gasteiger partial charge in [0.15, 0.2) is 0 Å². The minimum absolute atomic E-state index is 0.0148. The van der Waals surface area contributed by atoms with Gasteiger partial charge in [-0.25, -0.2) is 0 Å². The summed E-state index contributed by atoms with van der Waals surface area (Å²) in [5.74, 6) is 1.92. The zero-order valence-corrected chi connectivity index (χ0v) is 24.2. The second kappa shape index (κ2) is 9.48. The van der Waals surface area contributed by atoms with Crippen molar-refractivity contribution in [2.24, 2.45) is 17.8 Å². The maximum absolute atomic E-state index is 13.3. The summed E-state index contributed by atoms with van der Waals surface area (Å²) >= 11 is 15.3. The van der Waals surface area contributed by atoms with Crippen molar-refractivity contribution < 1.29 is 4.79 Å². The third-order valence-corrected chi connectivity index (χ3v) is 11.9. The Balaban J connectivity index is 1.35. The zero-order chi connectivity index (χ0) is 26.1. The van der Waals surface area contributed by atoms with Gasteiger partial charge in [0, 0.05) is 21.7 Å². The summed E-state index contributed by atoms with van der Waals surface area (Å²) in [4.78, 5) is 27.4. The summed E-state index contributed by atoms with van der Waals surface area (Å²) in [5, 5.41) is 5.16. The highest BCUT2D eigenvalue weighted by molar-refractivity contribution is 8.00. The van der Waals surface area contributed by atoms with Crippen LogP contribution in [0.1, 0.15) is 62.0 Å². The average molecular weight is 574 g/mol. The van der Waals surface area contributed by atoms with E-state index in [4.69, 9.17) is 23.2 Å². The van der Waals surface area contributed by atoms with E-state index < -0.39 is 0 Å². The summed E-state index contributed by atoms with van der Waals surface area (Å²) in [5.41, 5.74) is 3.27. The molecule has 0 radical (unpaired) electrons. The van der Waals surface area contributed by atoms with Gasteiger partial charge in [0.25, 0.3) is 0 Å². The fourth-order valence-electron chi connectivity index (χ4n) is 6.57. The van der Waals surface area contributed by atoms with Gasteiger partial charge < -0.3 is 5.32 Å². The number of nitrogens with zero attached hydrogens (tertiary/aromatic N) is 1. The summed E-state index contributed by atoms with van der Waals surface area (Å²) in [6, 6.07) is 14.0. The van der Waals surface area contributed by atoms with Crippen LogP contribution in [-0.2, 0) is 16.8 Å². The monoisotopic (exact) mass is 572 g/mol. The SMILES string of the molecule is CC(C)(C)c1ccc([C@@H]2c3sc(=O)n(CC(=O)Nc4ccc(Cl)c(Cl)c4)c3S[C@@H]3[C@H]4CC[C@@H](C4)[C@@H]23)cc1. The van der Waals surface area contributed by atoms with E-state index in [2.05, 4.69) is 50.4 Å². The molecule has 6 rings (SSSR count). The van der Waals surface area contributed by atoms with Gasteiger partial charge in [-0.05, 0) is 71.8 Å². The number of anilines is 1. The molecule has 0 spiro atoms. The van der Waals surface area contributed by atoms with Gasteiger partial charge in [0.05, 0.1) is 15.1 Å². The molecule has 3 aromatic rings. The Hall–Kier alpha value is -1.73. The predicted molar refractivity (Wildman–Crippen MR) is 155 cm³/mol. The number of rotatable bonds is 4. The van der Waals surface area contributed by atoms with Gasteiger partial charge in [-0.2, -0.15) is 0 Å². The van der Waals surface area contributed by atoms with E-state index in [1.54, 1.807) is 22.8 Å². The van der Waals surface area contributed by atoms with Crippen molar-refractivity contribution in [3.05, 3.63) is 78.2 Å². The highest BCUT2D eigenvalue weighted by atomic mass is 35.5. The molecule has 0 unspecified atom stereocenters. The maximum atomic E-state index is 13.3. The predicted octanol–water partition coefficient (Wildman–Crippen LogP) is 7.81. The van der Waals surface area contributed by atoms with Gasteiger partial charge in [-0.3, -0.25) is 14.2 Å². The number of fused-ring (bicyclic) bond motifs is 6. The van der Waals surface area contributed by atoms with E-state index in [1.165, 1.54) is 41.7 Å². The Kier molecular flexibility index (Phi) is 6.54. The molecule has 3 aliphatic rings. The first-order valence-electron chi connectivity index (χ1n) is 12.9. The number of amides is 1. The van der Waals surface area contributed by atoms with Crippen molar-refractivity contribution in [1.82, 2.24) is 4.57 Å². The lowest BCUT2D eigenvalue weighted by Crippen LogP contribution is -2.35. The molecule has 37 heavy (non-hydrogen) atoms. The van der Waals surface area contributed by atoms with E-state index in [1.807, 2.05) is 11.8 Å². The fraction of sp³-hybridized carbons (Fsp3) is 0.448. The van der Waals surface area contributed by atoms with Crippen LogP contribution < -0.4 is 10.2 Å². The van der Waals surface area contributed by atoms with Crippen LogP contribution in [0.4, 0.5) is 5.69 Å². The molecule has 2 aliphatic carbocycles. The third-order valence-electron chi connectivity index (χ3n) is 8.33. The number of nitrogens with one attached hydrogen (secondary N) is 1. The van der Waals surface area contributed by atoms with E-state index in [0.717, 1.165) is 9.90 Å². The van der Waals surface area contributed by atoms with Crippen LogP contribution in [0.15, 0.2) is 52.3 Å². The lowest BCUT2D eigenvalue weighted by Gasteiger charge is -2.40. The smallest absolute Gasteiger partial charge is 0.308 e. The van der Waals surface area contributed by atoms with E-state index in [0.29, 0.717) is 38.7 Å². The van der Waals surface area contributed by atoms with Gasteiger partial charge in [0.2, 0.25) is 5.91 Å². The Bertz CT molecular complexity index is 1420. The van der Waals surface area contributed by atoms with Crippen molar-refractivity contribution >= 4 is 57.9 Å². The van der Waals surface area contributed by atoms with Gasteiger partial charge in [0.1, 0.15) is 6.54 Å². The molecule has 1 aliphatic heterocycles. The standard InChI is InChI=1S/C29H30Cl2N2O2S2/c1-29(2,3)18-8-6-15(7-9-18)23-24-16-4-5-17(12-16)25(24)36-27-26(23)37-28(35)33(27)14-22(34)32-19-10-11-20(30)21(31)13-19/h6-11,13,16-17,23-25H,4-5,12,14H2,1-3H3,(H,32,34)/t16-,17-,23-,24-,25+/m0/s1. The van der Waals surface area contributed by atoms with Gasteiger partial charge in [-0.15, -0.1) is 11.8 Å². The number of carbonyl (C=O) groups excluding carboxylic acids is 1. The molecule has 2 heterocycles. The summed E-state index contributed by atoms with van der Waals surface area (Å²) < 4.78 is 1.69. The summed E-state index contributed by atoms with van der Waals surface area (Å²) in [7, 11) is 0. The number of thiazole rings is 1. The molecule has 2 saturated carbocycles. The topological polar surface area (TPSA) is 51.1 Å². The highest BCUT2D eigenvalue weighted by Gasteiger charge is 2.55. The largest absolute Gasteiger partial charge is 0.324 e. The second-order valence-electron chi connectivity index (χ2n) is 11.6. The van der Waals surface area contributed by atoms with Gasteiger partial charge in [-0.1, -0.05) is 79.6 Å². The fourth-order valence-corrected chi connectivity index (χ4v) is 10.0. The molecule has 2 fully saturated rings. The first-order chi connectivity index (χ1) is 17.6. The van der Waals surface area contributed by atoms with Crippen LogP contribution >= 0.6 is 46.3 Å². The lowest BCUT2D eigenvalue weighted by atomic mass is 9.74. The van der Waals surface area contributed by atoms with Crippen LogP contribution in [0.3, 0.4) is 0 Å². The Morgan fingerprint density at radius 2 is 1.78 bits per heavy atom. The molecule has 2 aromatic carbocycles. The van der Waals surface area contributed by atoms with Crippen molar-refractivity contribution in [2.45, 2.75) is 68.2 Å². The molecule has 1 N–H and O–H groups in total. The van der Waals surface area contributed by atoms with E-state index in [-0.39, 0.29) is 28.7 Å². The number of thioether (sulfide) groups is 1. The zero-order valence-electron chi connectivity index (χ0n) is 21.1. The van der Waals surface area contributed by atoms with Crippen LogP contribution in [0.2, 0.25) is 10.0 Å². The number of halogens is 2. The normalized spacial score (nSPS) is 26.1. The Morgan fingerprint density at radius 3 is 2.49 bits per heavy atom. The minimum atomic E-state index is -0.247. The van der Waals surface area contributed by atoms with Crippen LogP contribution in [0.5, 0.6) is 0 Å². The number of aromatic nitrogens is 1. The van der Waals surface area contributed by atoms with Crippen LogP contribution in [0.25, 0.3) is 0 Å². The molecule has 194 valence electrons. The van der Waals surface area contributed by atoms with Crippen LogP contribution in [0, 0.1) is 17.8 Å². The molecule has 0 saturated heterocycles. The molecule has 2 bridgehead atoms. The van der Waals surface area contributed by atoms with Crippen molar-refractivity contribution in [2.75, 3.05) is 5.32 Å². The number of hydrogen-bond acceptors (Lipinski definition) is 4. The highest BCUT2D eigenvalue weighted by Crippen LogP contribution is 2.64. The molecule has 5 atom stereocenters. The molecule has 1 aromatic heterocycles. The first kappa shape index (κ1) is 25.5. The quantitative estimate of drug-likeness (QED) is 0.347. The van der Waals surface area contributed by atoms with Crippen molar-refractivity contribution in [3.8, 4) is 0 Å².